The molecule has 0 saturated carbocycles. The summed E-state index contributed by atoms with van der Waals surface area (Å²) in [5.41, 5.74) is 2.25. The van der Waals surface area contributed by atoms with Gasteiger partial charge in [-0.3, -0.25) is 4.90 Å². The van der Waals surface area contributed by atoms with E-state index in [4.69, 9.17) is 17.3 Å². The molecule has 1 aliphatic rings. The van der Waals surface area contributed by atoms with E-state index in [0.717, 1.165) is 29.2 Å². The van der Waals surface area contributed by atoms with Gasteiger partial charge in [-0.1, -0.05) is 18.6 Å². The standard InChI is InChI=1S/C19H25N7S/c1-15(16-7-9-17(10-8-16)25-13-20-12-21-25)23(2)14-26-19(27)24-11-5-3-4-6-18(24)22-26/h7-10,12-13,15H,3-6,11,14H2,1-2H3/t15-/m0/s1. The van der Waals surface area contributed by atoms with Crippen molar-refractivity contribution in [3.63, 3.8) is 0 Å². The summed E-state index contributed by atoms with van der Waals surface area (Å²) in [4.78, 5) is 6.27. The first-order valence-electron chi connectivity index (χ1n) is 9.45. The Hall–Kier alpha value is -2.32. The second kappa shape index (κ2) is 7.74. The molecule has 1 atom stereocenters. The van der Waals surface area contributed by atoms with Gasteiger partial charge in [0, 0.05) is 19.0 Å². The monoisotopic (exact) mass is 383 g/mol. The van der Waals surface area contributed by atoms with E-state index in [1.807, 2.05) is 4.68 Å². The van der Waals surface area contributed by atoms with Gasteiger partial charge in [-0.15, -0.1) is 0 Å². The number of rotatable bonds is 5. The molecule has 0 N–H and O–H groups in total. The molecular formula is C19H25N7S. The van der Waals surface area contributed by atoms with Gasteiger partial charge in [0.2, 0.25) is 0 Å². The van der Waals surface area contributed by atoms with Crippen molar-refractivity contribution in [3.8, 4) is 5.69 Å². The maximum Gasteiger partial charge on any atom is 0.199 e. The Balaban J connectivity index is 1.48. The first-order valence-corrected chi connectivity index (χ1v) is 9.86. The van der Waals surface area contributed by atoms with Crippen LogP contribution in [0.2, 0.25) is 0 Å². The SMILES string of the molecule is C[C@@H](c1ccc(-n2cncn2)cc1)N(C)Cn1nc2n(c1=S)CCCCC2. The smallest absolute Gasteiger partial charge is 0.199 e. The number of hydrogen-bond acceptors (Lipinski definition) is 5. The van der Waals surface area contributed by atoms with Gasteiger partial charge in [-0.25, -0.2) is 14.3 Å². The maximum atomic E-state index is 5.68. The van der Waals surface area contributed by atoms with Crippen molar-refractivity contribution in [2.75, 3.05) is 7.05 Å². The van der Waals surface area contributed by atoms with E-state index in [-0.39, 0.29) is 6.04 Å². The average molecular weight is 384 g/mol. The number of aromatic nitrogens is 6. The van der Waals surface area contributed by atoms with Crippen molar-refractivity contribution < 1.29 is 0 Å². The molecule has 1 aromatic carbocycles. The summed E-state index contributed by atoms with van der Waals surface area (Å²) < 4.78 is 6.78. The van der Waals surface area contributed by atoms with Crippen LogP contribution in [0, 0.1) is 4.77 Å². The van der Waals surface area contributed by atoms with Crippen molar-refractivity contribution in [2.24, 2.45) is 0 Å². The third kappa shape index (κ3) is 3.72. The lowest BCUT2D eigenvalue weighted by atomic mass is 10.1. The maximum absolute atomic E-state index is 5.68. The third-order valence-electron chi connectivity index (χ3n) is 5.36. The van der Waals surface area contributed by atoms with Crippen molar-refractivity contribution in [3.05, 3.63) is 53.1 Å². The summed E-state index contributed by atoms with van der Waals surface area (Å²) in [6.45, 7) is 3.89. The van der Waals surface area contributed by atoms with Crippen LogP contribution in [0.4, 0.5) is 0 Å². The van der Waals surface area contributed by atoms with Gasteiger partial charge in [-0.2, -0.15) is 10.2 Å². The molecule has 8 heteroatoms. The van der Waals surface area contributed by atoms with E-state index in [1.54, 1.807) is 17.3 Å². The van der Waals surface area contributed by atoms with Gasteiger partial charge >= 0.3 is 0 Å². The molecule has 142 valence electrons. The zero-order chi connectivity index (χ0) is 18.8. The van der Waals surface area contributed by atoms with E-state index >= 15 is 0 Å². The van der Waals surface area contributed by atoms with Gasteiger partial charge in [0.1, 0.15) is 18.5 Å². The highest BCUT2D eigenvalue weighted by molar-refractivity contribution is 7.71. The summed E-state index contributed by atoms with van der Waals surface area (Å²) in [6, 6.07) is 8.66. The van der Waals surface area contributed by atoms with Crippen LogP contribution in [0.25, 0.3) is 5.69 Å². The molecule has 7 nitrogen and oxygen atoms in total. The fourth-order valence-electron chi connectivity index (χ4n) is 3.55. The average Bonchev–Trinajstić information content (AvgIpc) is 3.25. The molecule has 4 rings (SSSR count). The van der Waals surface area contributed by atoms with Gasteiger partial charge in [0.15, 0.2) is 4.77 Å². The molecule has 2 aromatic heterocycles. The number of benzene rings is 1. The van der Waals surface area contributed by atoms with Gasteiger partial charge in [-0.05, 0) is 56.7 Å². The van der Waals surface area contributed by atoms with Crippen LogP contribution in [-0.2, 0) is 19.6 Å². The summed E-state index contributed by atoms with van der Waals surface area (Å²) >= 11 is 5.68. The van der Waals surface area contributed by atoms with Crippen LogP contribution in [0.1, 0.15) is 43.6 Å². The van der Waals surface area contributed by atoms with E-state index in [2.05, 4.69) is 57.8 Å². The summed E-state index contributed by atoms with van der Waals surface area (Å²) in [5, 5.41) is 8.96. The minimum Gasteiger partial charge on any atom is -0.304 e. The number of hydrogen-bond donors (Lipinski definition) is 0. The van der Waals surface area contributed by atoms with Crippen molar-refractivity contribution >= 4 is 12.2 Å². The Morgan fingerprint density at radius 2 is 2.00 bits per heavy atom. The predicted molar refractivity (Wildman–Crippen MR) is 106 cm³/mol. The molecule has 0 radical (unpaired) electrons. The summed E-state index contributed by atoms with van der Waals surface area (Å²) in [6.07, 6.45) is 7.93. The van der Waals surface area contributed by atoms with Gasteiger partial charge in [0.05, 0.1) is 12.4 Å². The van der Waals surface area contributed by atoms with Crippen LogP contribution < -0.4 is 0 Å². The molecule has 0 fully saturated rings. The molecule has 3 heterocycles. The number of aryl methyl sites for hydroxylation is 1. The number of nitrogens with zero attached hydrogens (tertiary/aromatic N) is 7. The minimum atomic E-state index is 0.248. The Morgan fingerprint density at radius 1 is 1.19 bits per heavy atom. The third-order valence-corrected chi connectivity index (χ3v) is 5.79. The van der Waals surface area contributed by atoms with Crippen LogP contribution in [0.3, 0.4) is 0 Å². The van der Waals surface area contributed by atoms with Crippen molar-refractivity contribution in [2.45, 2.75) is 51.9 Å². The lowest BCUT2D eigenvalue weighted by Crippen LogP contribution is -2.26. The second-order valence-corrected chi connectivity index (χ2v) is 7.53. The Kier molecular flexibility index (Phi) is 5.18. The topological polar surface area (TPSA) is 56.7 Å². The van der Waals surface area contributed by atoms with E-state index < -0.39 is 0 Å². The van der Waals surface area contributed by atoms with Crippen LogP contribution in [-0.4, -0.2) is 41.1 Å². The molecule has 0 spiro atoms. The molecule has 0 saturated heterocycles. The lowest BCUT2D eigenvalue weighted by Gasteiger charge is -2.25. The fraction of sp³-hybridized carbons (Fsp3) is 0.474. The summed E-state index contributed by atoms with van der Waals surface area (Å²) in [5.74, 6) is 1.13. The first kappa shape index (κ1) is 18.1. The highest BCUT2D eigenvalue weighted by Gasteiger charge is 2.17. The highest BCUT2D eigenvalue weighted by Crippen LogP contribution is 2.21. The largest absolute Gasteiger partial charge is 0.304 e. The molecule has 27 heavy (non-hydrogen) atoms. The molecule has 0 bridgehead atoms. The zero-order valence-electron chi connectivity index (χ0n) is 15.8. The zero-order valence-corrected chi connectivity index (χ0v) is 16.6. The minimum absolute atomic E-state index is 0.248. The Morgan fingerprint density at radius 3 is 2.74 bits per heavy atom. The number of fused-ring (bicyclic) bond motifs is 1. The Bertz CT molecular complexity index is 940. The normalized spacial score (nSPS) is 15.5. The molecule has 1 aliphatic heterocycles. The molecule has 3 aromatic rings. The van der Waals surface area contributed by atoms with E-state index in [0.29, 0.717) is 6.67 Å². The molecular weight excluding hydrogens is 358 g/mol. The van der Waals surface area contributed by atoms with Crippen LogP contribution >= 0.6 is 12.2 Å². The second-order valence-electron chi connectivity index (χ2n) is 7.17. The van der Waals surface area contributed by atoms with Gasteiger partial charge < -0.3 is 4.57 Å². The Labute approximate surface area is 164 Å². The predicted octanol–water partition coefficient (Wildman–Crippen LogP) is 3.37. The van der Waals surface area contributed by atoms with Crippen LogP contribution in [0.5, 0.6) is 0 Å². The van der Waals surface area contributed by atoms with Crippen molar-refractivity contribution in [1.29, 1.82) is 0 Å². The van der Waals surface area contributed by atoms with Crippen molar-refractivity contribution in [1.82, 2.24) is 34.0 Å². The molecule has 0 unspecified atom stereocenters. The molecule has 0 amide bonds. The van der Waals surface area contributed by atoms with E-state index in [1.165, 1.54) is 24.8 Å². The highest BCUT2D eigenvalue weighted by atomic mass is 32.1. The van der Waals surface area contributed by atoms with E-state index in [9.17, 15) is 0 Å². The molecule has 0 aliphatic carbocycles. The van der Waals surface area contributed by atoms with Gasteiger partial charge in [0.25, 0.3) is 0 Å². The first-order chi connectivity index (χ1) is 13.1. The fourth-order valence-corrected chi connectivity index (χ4v) is 3.85. The van der Waals surface area contributed by atoms with Crippen LogP contribution in [0.15, 0.2) is 36.9 Å². The lowest BCUT2D eigenvalue weighted by molar-refractivity contribution is 0.194. The summed E-state index contributed by atoms with van der Waals surface area (Å²) in [7, 11) is 2.11. The quantitative estimate of drug-likeness (QED) is 0.632.